The van der Waals surface area contributed by atoms with Crippen molar-refractivity contribution in [2.75, 3.05) is 5.32 Å². The quantitative estimate of drug-likeness (QED) is 0.908. The lowest BCUT2D eigenvalue weighted by molar-refractivity contribution is 0.0700. The number of nitrogens with one attached hydrogen (secondary N) is 1. The van der Waals surface area contributed by atoms with Crippen molar-refractivity contribution in [3.63, 3.8) is 0 Å². The number of nitrogens with zero attached hydrogens (tertiary/aromatic N) is 1. The molecular formula is C13H11FN2O3S. The Morgan fingerprint density at radius 1 is 1.40 bits per heavy atom. The monoisotopic (exact) mass is 294 g/mol. The van der Waals surface area contributed by atoms with Crippen LogP contribution < -0.4 is 5.32 Å². The number of halogens is 1. The second kappa shape index (κ2) is 5.79. The largest absolute Gasteiger partial charge is 0.477 e. The number of benzene rings is 1. The molecule has 1 aromatic carbocycles. The lowest BCUT2D eigenvalue weighted by atomic mass is 10.2. The van der Waals surface area contributed by atoms with Crippen LogP contribution in [-0.2, 0) is 6.42 Å². The number of rotatable bonds is 4. The van der Waals surface area contributed by atoms with Crippen LogP contribution in [0.2, 0.25) is 0 Å². The topological polar surface area (TPSA) is 79.3 Å². The van der Waals surface area contributed by atoms with Gasteiger partial charge in [0.05, 0.1) is 11.3 Å². The summed E-state index contributed by atoms with van der Waals surface area (Å²) >= 11 is 0.856. The summed E-state index contributed by atoms with van der Waals surface area (Å²) in [6.07, 6.45) is 0.438. The summed E-state index contributed by atoms with van der Waals surface area (Å²) in [6, 6.07) is 5.54. The molecule has 104 valence electrons. The van der Waals surface area contributed by atoms with Crippen LogP contribution in [0, 0.1) is 5.82 Å². The molecule has 1 aromatic heterocycles. The van der Waals surface area contributed by atoms with Crippen LogP contribution in [-0.4, -0.2) is 22.0 Å². The van der Waals surface area contributed by atoms with Crippen molar-refractivity contribution >= 4 is 28.3 Å². The Bertz CT molecular complexity index is 669. The van der Waals surface area contributed by atoms with Gasteiger partial charge in [-0.2, -0.15) is 0 Å². The molecule has 0 saturated heterocycles. The van der Waals surface area contributed by atoms with Crippen molar-refractivity contribution in [1.29, 1.82) is 0 Å². The van der Waals surface area contributed by atoms with Crippen LogP contribution in [0.1, 0.15) is 32.6 Å². The summed E-state index contributed by atoms with van der Waals surface area (Å²) in [5.41, 5.74) is 0.281. The third kappa shape index (κ3) is 2.83. The third-order valence-electron chi connectivity index (χ3n) is 2.57. The first-order valence-electron chi connectivity index (χ1n) is 5.81. The first-order valence-corrected chi connectivity index (χ1v) is 6.63. The van der Waals surface area contributed by atoms with Gasteiger partial charge in [-0.1, -0.05) is 30.4 Å². The van der Waals surface area contributed by atoms with Crippen LogP contribution in [0.15, 0.2) is 24.3 Å². The molecule has 2 N–H and O–H groups in total. The lowest BCUT2D eigenvalue weighted by Crippen LogP contribution is -2.13. The number of carboxylic acid groups (broad SMARTS) is 1. The number of aromatic nitrogens is 1. The fourth-order valence-corrected chi connectivity index (χ4v) is 2.51. The molecule has 0 aliphatic carbocycles. The van der Waals surface area contributed by atoms with E-state index in [4.69, 9.17) is 5.11 Å². The molecule has 2 rings (SSSR count). The highest BCUT2D eigenvalue weighted by atomic mass is 32.1. The van der Waals surface area contributed by atoms with Crippen LogP contribution >= 0.6 is 11.3 Å². The molecule has 5 nitrogen and oxygen atoms in total. The number of aromatic carboxylic acids is 1. The van der Waals surface area contributed by atoms with Crippen molar-refractivity contribution in [2.45, 2.75) is 13.3 Å². The average molecular weight is 294 g/mol. The smallest absolute Gasteiger partial charge is 0.347 e. The SMILES string of the molecule is CCc1nc(NC(=O)c2ccccc2F)sc1C(=O)O. The Balaban J connectivity index is 2.25. The maximum Gasteiger partial charge on any atom is 0.347 e. The van der Waals surface area contributed by atoms with Gasteiger partial charge in [-0.3, -0.25) is 10.1 Å². The van der Waals surface area contributed by atoms with E-state index in [1.165, 1.54) is 18.2 Å². The summed E-state index contributed by atoms with van der Waals surface area (Å²) in [7, 11) is 0. The Kier molecular flexibility index (Phi) is 4.09. The third-order valence-corrected chi connectivity index (χ3v) is 3.57. The molecular weight excluding hydrogens is 283 g/mol. The van der Waals surface area contributed by atoms with E-state index in [1.54, 1.807) is 13.0 Å². The zero-order valence-electron chi connectivity index (χ0n) is 10.5. The Labute approximate surface area is 118 Å². The fraction of sp³-hybridized carbons (Fsp3) is 0.154. The minimum Gasteiger partial charge on any atom is -0.477 e. The van der Waals surface area contributed by atoms with Crippen LogP contribution in [0.4, 0.5) is 9.52 Å². The molecule has 20 heavy (non-hydrogen) atoms. The van der Waals surface area contributed by atoms with Gasteiger partial charge in [0.15, 0.2) is 5.13 Å². The zero-order valence-corrected chi connectivity index (χ0v) is 11.3. The number of amides is 1. The first-order chi connectivity index (χ1) is 9.52. The number of carbonyl (C=O) groups is 2. The maximum absolute atomic E-state index is 13.4. The van der Waals surface area contributed by atoms with Gasteiger partial charge < -0.3 is 5.11 Å². The highest BCUT2D eigenvalue weighted by Gasteiger charge is 2.18. The number of anilines is 1. The van der Waals surface area contributed by atoms with E-state index >= 15 is 0 Å². The van der Waals surface area contributed by atoms with Crippen LogP contribution in [0.25, 0.3) is 0 Å². The number of carboxylic acids is 1. The van der Waals surface area contributed by atoms with Gasteiger partial charge in [0.2, 0.25) is 0 Å². The van der Waals surface area contributed by atoms with Crippen molar-refractivity contribution < 1.29 is 19.1 Å². The molecule has 0 saturated carbocycles. The summed E-state index contributed by atoms with van der Waals surface area (Å²) in [5.74, 6) is -2.39. The predicted octanol–water partition coefficient (Wildman–Crippen LogP) is 2.80. The number of carbonyl (C=O) groups excluding carboxylic acids is 1. The van der Waals surface area contributed by atoms with E-state index in [0.717, 1.165) is 11.3 Å². The van der Waals surface area contributed by atoms with Gasteiger partial charge >= 0.3 is 5.97 Å². The normalized spacial score (nSPS) is 10.3. The van der Waals surface area contributed by atoms with Gasteiger partial charge in [0.1, 0.15) is 10.7 Å². The van der Waals surface area contributed by atoms with Gasteiger partial charge in [0, 0.05) is 0 Å². The molecule has 2 aromatic rings. The summed E-state index contributed by atoms with van der Waals surface area (Å²) in [6.45, 7) is 1.77. The number of aryl methyl sites for hydroxylation is 1. The van der Waals surface area contributed by atoms with E-state index in [2.05, 4.69) is 10.3 Å². The summed E-state index contributed by atoms with van der Waals surface area (Å²) in [5, 5.41) is 11.6. The molecule has 1 heterocycles. The summed E-state index contributed by atoms with van der Waals surface area (Å²) in [4.78, 5) is 27.0. The predicted molar refractivity (Wildman–Crippen MR) is 72.8 cm³/mol. The Morgan fingerprint density at radius 2 is 2.10 bits per heavy atom. The second-order valence-electron chi connectivity index (χ2n) is 3.89. The van der Waals surface area contributed by atoms with E-state index in [1.807, 2.05) is 0 Å². The molecule has 0 bridgehead atoms. The molecule has 0 spiro atoms. The summed E-state index contributed by atoms with van der Waals surface area (Å²) < 4.78 is 13.4. The number of hydrogen-bond donors (Lipinski definition) is 2. The van der Waals surface area contributed by atoms with Crippen molar-refractivity contribution in [3.8, 4) is 0 Å². The van der Waals surface area contributed by atoms with Gasteiger partial charge in [-0.05, 0) is 18.6 Å². The number of hydrogen-bond acceptors (Lipinski definition) is 4. The highest BCUT2D eigenvalue weighted by Crippen LogP contribution is 2.24. The zero-order chi connectivity index (χ0) is 14.7. The number of thiazole rings is 1. The maximum atomic E-state index is 13.4. The van der Waals surface area contributed by atoms with Crippen LogP contribution in [0.3, 0.4) is 0 Å². The minimum atomic E-state index is -1.09. The molecule has 0 aliphatic rings. The standard InChI is InChI=1S/C13H11FN2O3S/c1-2-9-10(12(18)19)20-13(15-9)16-11(17)7-5-3-4-6-8(7)14/h3-6H,2H2,1H3,(H,18,19)(H,15,16,17). The fourth-order valence-electron chi connectivity index (χ4n) is 1.62. The van der Waals surface area contributed by atoms with Crippen molar-refractivity contribution in [2.24, 2.45) is 0 Å². The van der Waals surface area contributed by atoms with E-state index in [-0.39, 0.29) is 15.6 Å². The molecule has 1 amide bonds. The molecule has 0 atom stereocenters. The molecule has 0 radical (unpaired) electrons. The highest BCUT2D eigenvalue weighted by molar-refractivity contribution is 7.17. The van der Waals surface area contributed by atoms with Gasteiger partial charge in [-0.15, -0.1) is 0 Å². The van der Waals surface area contributed by atoms with E-state index in [9.17, 15) is 14.0 Å². The van der Waals surface area contributed by atoms with Gasteiger partial charge in [-0.25, -0.2) is 14.2 Å². The van der Waals surface area contributed by atoms with Crippen LogP contribution in [0.5, 0.6) is 0 Å². The van der Waals surface area contributed by atoms with Crippen molar-refractivity contribution in [1.82, 2.24) is 4.98 Å². The Hall–Kier alpha value is -2.28. The molecule has 0 fully saturated rings. The average Bonchev–Trinajstić information content (AvgIpc) is 2.82. The van der Waals surface area contributed by atoms with E-state index < -0.39 is 17.7 Å². The minimum absolute atomic E-state index is 0.0799. The molecule has 0 unspecified atom stereocenters. The lowest BCUT2D eigenvalue weighted by Gasteiger charge is -2.02. The first kappa shape index (κ1) is 14.1. The van der Waals surface area contributed by atoms with E-state index in [0.29, 0.717) is 12.1 Å². The van der Waals surface area contributed by atoms with Crippen molar-refractivity contribution in [3.05, 3.63) is 46.2 Å². The Morgan fingerprint density at radius 3 is 2.65 bits per heavy atom. The molecule has 7 heteroatoms. The second-order valence-corrected chi connectivity index (χ2v) is 4.89. The molecule has 0 aliphatic heterocycles. The van der Waals surface area contributed by atoms with Gasteiger partial charge in [0.25, 0.3) is 5.91 Å².